The first kappa shape index (κ1) is 81.8. The zero-order valence-corrected chi connectivity index (χ0v) is 56.3. The van der Waals surface area contributed by atoms with Crippen molar-refractivity contribution in [2.45, 2.75) is 428 Å². The number of rotatable bonds is 63. The molecule has 1 amide bonds. The van der Waals surface area contributed by atoms with E-state index in [4.69, 9.17) is 18.9 Å². The summed E-state index contributed by atoms with van der Waals surface area (Å²) in [6.45, 7) is 2.87. The van der Waals surface area contributed by atoms with Gasteiger partial charge in [-0.25, -0.2) is 0 Å². The van der Waals surface area contributed by atoms with E-state index in [0.717, 1.165) is 44.9 Å². The molecule has 12 unspecified atom stereocenters. The van der Waals surface area contributed by atoms with E-state index in [1.807, 2.05) is 6.08 Å². The summed E-state index contributed by atoms with van der Waals surface area (Å²) in [4.78, 5) is 13.4. The molecule has 0 aromatic heterocycles. The Labute approximate surface area is 533 Å². The summed E-state index contributed by atoms with van der Waals surface area (Å²) in [5, 5.41) is 87.6. The minimum Gasteiger partial charge on any atom is -0.394 e. The summed E-state index contributed by atoms with van der Waals surface area (Å²) >= 11 is 0. The molecule has 14 nitrogen and oxygen atoms in total. The molecule has 0 saturated carbocycles. The summed E-state index contributed by atoms with van der Waals surface area (Å²) in [5.41, 5.74) is 0. The third kappa shape index (κ3) is 42.6. The number of carbonyl (C=O) groups is 1. The lowest BCUT2D eigenvalue weighted by molar-refractivity contribution is -0.359. The molecular formula is C73H141NO13. The summed E-state index contributed by atoms with van der Waals surface area (Å²) < 4.78 is 22.9. The normalized spacial score (nSPS) is 23.2. The fraction of sp³-hybridized carbons (Fsp3) is 0.959. The molecule has 0 spiro atoms. The van der Waals surface area contributed by atoms with Crippen molar-refractivity contribution in [3.05, 3.63) is 12.2 Å². The van der Waals surface area contributed by atoms with Crippen molar-refractivity contribution < 1.29 is 64.6 Å². The molecule has 0 aromatic rings. The van der Waals surface area contributed by atoms with Crippen LogP contribution in [0, 0.1) is 0 Å². The summed E-state index contributed by atoms with van der Waals surface area (Å²) in [6.07, 6.45) is 55.6. The highest BCUT2D eigenvalue weighted by Crippen LogP contribution is 2.30. The molecule has 14 heteroatoms. The number of allylic oxidation sites excluding steroid dienone is 1. The molecule has 2 heterocycles. The standard InChI is InChI=1S/C73H141NO13/c1-3-5-7-9-11-13-15-17-19-21-23-25-27-29-31-32-34-36-38-40-42-44-46-48-50-52-54-56-62(77)61(60-84-72-70(83)68(81)71(64(59-76)86-72)87-73-69(82)67(80)66(79)63(58-75)85-73)74-65(78)57-55-53-51-49-47-45-43-41-39-37-35-33-30-28-26-24-22-20-18-16-14-12-10-8-6-4-2/h54,56,61-64,66-73,75-77,79-83H,3-53,55,57-60H2,1-2H3,(H,74,78)/b56-54+. The monoisotopic (exact) mass is 1240 g/mol. The van der Waals surface area contributed by atoms with Crippen LogP contribution in [0.5, 0.6) is 0 Å². The summed E-state index contributed by atoms with van der Waals surface area (Å²) in [6, 6.07) is -0.912. The molecule has 2 rings (SSSR count). The lowest BCUT2D eigenvalue weighted by Gasteiger charge is -2.46. The molecule has 2 aliphatic rings. The second-order valence-electron chi connectivity index (χ2n) is 26.8. The van der Waals surface area contributed by atoms with Gasteiger partial charge in [0.05, 0.1) is 32.0 Å². The average Bonchev–Trinajstić information content (AvgIpc) is 2.33. The molecule has 9 N–H and O–H groups in total. The van der Waals surface area contributed by atoms with Crippen LogP contribution in [0.15, 0.2) is 12.2 Å². The highest BCUT2D eigenvalue weighted by atomic mass is 16.7. The van der Waals surface area contributed by atoms with Crippen LogP contribution in [0.4, 0.5) is 0 Å². The highest BCUT2D eigenvalue weighted by molar-refractivity contribution is 5.76. The Morgan fingerprint density at radius 3 is 1.06 bits per heavy atom. The number of hydrogen-bond acceptors (Lipinski definition) is 13. The second-order valence-corrected chi connectivity index (χ2v) is 26.8. The Bertz CT molecular complexity index is 1510. The fourth-order valence-electron chi connectivity index (χ4n) is 12.8. The number of aliphatic hydroxyl groups excluding tert-OH is 8. The Morgan fingerprint density at radius 2 is 0.713 bits per heavy atom. The van der Waals surface area contributed by atoms with Crippen LogP contribution < -0.4 is 5.32 Å². The molecular weight excluding hydrogens is 1100 g/mol. The van der Waals surface area contributed by atoms with Gasteiger partial charge in [0.1, 0.15) is 48.8 Å². The highest BCUT2D eigenvalue weighted by Gasteiger charge is 2.51. The number of unbranched alkanes of at least 4 members (excludes halogenated alkanes) is 50. The van der Waals surface area contributed by atoms with E-state index in [2.05, 4.69) is 19.2 Å². The third-order valence-electron chi connectivity index (χ3n) is 18.7. The van der Waals surface area contributed by atoms with Crippen molar-refractivity contribution in [1.29, 1.82) is 0 Å². The zero-order valence-electron chi connectivity index (χ0n) is 56.3. The van der Waals surface area contributed by atoms with Gasteiger partial charge in [0, 0.05) is 6.42 Å². The van der Waals surface area contributed by atoms with Crippen LogP contribution in [0.25, 0.3) is 0 Å². The molecule has 516 valence electrons. The van der Waals surface area contributed by atoms with Crippen LogP contribution >= 0.6 is 0 Å². The number of hydrogen-bond donors (Lipinski definition) is 9. The van der Waals surface area contributed by atoms with Crippen molar-refractivity contribution in [1.82, 2.24) is 5.32 Å². The topological polar surface area (TPSA) is 228 Å². The van der Waals surface area contributed by atoms with Crippen molar-refractivity contribution in [3.8, 4) is 0 Å². The largest absolute Gasteiger partial charge is 0.394 e. The Balaban J connectivity index is 1.65. The number of aliphatic hydroxyl groups is 8. The van der Waals surface area contributed by atoms with E-state index in [9.17, 15) is 45.6 Å². The Hall–Kier alpha value is -1.27. The molecule has 87 heavy (non-hydrogen) atoms. The average molecular weight is 1240 g/mol. The molecule has 2 aliphatic heterocycles. The molecule has 2 saturated heterocycles. The number of nitrogens with one attached hydrogen (secondary N) is 1. The molecule has 0 aromatic carbocycles. The van der Waals surface area contributed by atoms with Crippen molar-refractivity contribution in [2.75, 3.05) is 19.8 Å². The van der Waals surface area contributed by atoms with Gasteiger partial charge in [-0.3, -0.25) is 4.79 Å². The van der Waals surface area contributed by atoms with Crippen LogP contribution in [-0.2, 0) is 23.7 Å². The van der Waals surface area contributed by atoms with Gasteiger partial charge in [0.25, 0.3) is 0 Å². The van der Waals surface area contributed by atoms with Crippen LogP contribution in [-0.4, -0.2) is 140 Å². The van der Waals surface area contributed by atoms with Gasteiger partial charge in [-0.2, -0.15) is 0 Å². The maximum Gasteiger partial charge on any atom is 0.220 e. The molecule has 0 radical (unpaired) electrons. The van der Waals surface area contributed by atoms with Crippen LogP contribution in [0.3, 0.4) is 0 Å². The van der Waals surface area contributed by atoms with Gasteiger partial charge < -0.3 is 65.1 Å². The van der Waals surface area contributed by atoms with Gasteiger partial charge in [-0.1, -0.05) is 341 Å². The van der Waals surface area contributed by atoms with Gasteiger partial charge in [0.15, 0.2) is 12.6 Å². The first-order valence-corrected chi connectivity index (χ1v) is 37.4. The van der Waals surface area contributed by atoms with Crippen LogP contribution in [0.2, 0.25) is 0 Å². The minimum absolute atomic E-state index is 0.230. The Kier molecular flexibility index (Phi) is 55.1. The van der Waals surface area contributed by atoms with Gasteiger partial charge >= 0.3 is 0 Å². The lowest BCUT2D eigenvalue weighted by atomic mass is 9.97. The van der Waals surface area contributed by atoms with Crippen LogP contribution in [0.1, 0.15) is 354 Å². The van der Waals surface area contributed by atoms with Crippen molar-refractivity contribution in [3.63, 3.8) is 0 Å². The minimum atomic E-state index is -1.79. The van der Waals surface area contributed by atoms with Gasteiger partial charge in [-0.05, 0) is 19.3 Å². The maximum atomic E-state index is 13.4. The predicted molar refractivity (Wildman–Crippen MR) is 355 cm³/mol. The molecule has 2 fully saturated rings. The fourth-order valence-corrected chi connectivity index (χ4v) is 12.8. The van der Waals surface area contributed by atoms with Crippen molar-refractivity contribution >= 4 is 5.91 Å². The molecule has 0 bridgehead atoms. The first-order valence-electron chi connectivity index (χ1n) is 37.4. The summed E-state index contributed by atoms with van der Waals surface area (Å²) in [5.74, 6) is -0.230. The quantitative estimate of drug-likeness (QED) is 0.0204. The third-order valence-corrected chi connectivity index (χ3v) is 18.7. The predicted octanol–water partition coefficient (Wildman–Crippen LogP) is 15.7. The lowest BCUT2D eigenvalue weighted by Crippen LogP contribution is -2.65. The Morgan fingerprint density at radius 1 is 0.402 bits per heavy atom. The smallest absolute Gasteiger partial charge is 0.220 e. The van der Waals surface area contributed by atoms with E-state index in [1.165, 1.54) is 289 Å². The van der Waals surface area contributed by atoms with E-state index in [0.29, 0.717) is 0 Å². The van der Waals surface area contributed by atoms with E-state index >= 15 is 0 Å². The van der Waals surface area contributed by atoms with E-state index in [1.54, 1.807) is 6.08 Å². The van der Waals surface area contributed by atoms with E-state index in [-0.39, 0.29) is 18.9 Å². The van der Waals surface area contributed by atoms with Gasteiger partial charge in [0.2, 0.25) is 5.91 Å². The zero-order chi connectivity index (χ0) is 63.1. The second kappa shape index (κ2) is 58.5. The van der Waals surface area contributed by atoms with Crippen molar-refractivity contribution in [2.24, 2.45) is 0 Å². The summed E-state index contributed by atoms with van der Waals surface area (Å²) in [7, 11) is 0. The SMILES string of the molecule is CCCCCCCCCCCCCCCCCCCCCCCCCCC/C=C/C(O)C(COC1OC(CO)C(OC2OC(CO)C(O)C(O)C2O)C(O)C1O)NC(=O)CCCCCCCCCCCCCCCCCCCCCCCCCCCC. The van der Waals surface area contributed by atoms with Gasteiger partial charge in [-0.15, -0.1) is 0 Å². The van der Waals surface area contributed by atoms with E-state index < -0.39 is 86.8 Å². The molecule has 12 atom stereocenters. The maximum absolute atomic E-state index is 13.4. The number of ether oxygens (including phenoxy) is 4. The first-order chi connectivity index (χ1) is 42.6. The molecule has 0 aliphatic carbocycles. The number of amides is 1. The number of carbonyl (C=O) groups excluding carboxylic acids is 1.